The summed E-state index contributed by atoms with van der Waals surface area (Å²) >= 11 is 0. The van der Waals surface area contributed by atoms with E-state index in [0.29, 0.717) is 6.54 Å². The summed E-state index contributed by atoms with van der Waals surface area (Å²) in [6.07, 6.45) is 1.88. The fourth-order valence-corrected chi connectivity index (χ4v) is 1.61. The molecule has 1 aromatic heterocycles. The molecule has 12 heavy (non-hydrogen) atoms. The van der Waals surface area contributed by atoms with Gasteiger partial charge in [-0.1, -0.05) is 0 Å². The summed E-state index contributed by atoms with van der Waals surface area (Å²) in [7, 11) is 2.11. The molecule has 66 valence electrons. The van der Waals surface area contributed by atoms with Crippen LogP contribution in [-0.4, -0.2) is 28.0 Å². The highest BCUT2D eigenvalue weighted by molar-refractivity contribution is 5.06. The van der Waals surface area contributed by atoms with Gasteiger partial charge in [0, 0.05) is 25.8 Å². The summed E-state index contributed by atoms with van der Waals surface area (Å²) in [6, 6.07) is 0. The van der Waals surface area contributed by atoms with Crippen molar-refractivity contribution in [1.29, 1.82) is 0 Å². The molecular weight excluding hydrogens is 152 g/mol. The summed E-state index contributed by atoms with van der Waals surface area (Å²) in [4.78, 5) is 6.59. The molecule has 0 spiro atoms. The van der Waals surface area contributed by atoms with Crippen LogP contribution in [0.1, 0.15) is 11.5 Å². The van der Waals surface area contributed by atoms with E-state index in [9.17, 15) is 0 Å². The average Bonchev–Trinajstić information content (AvgIpc) is 2.46. The Morgan fingerprint density at radius 3 is 3.17 bits per heavy atom. The summed E-state index contributed by atoms with van der Waals surface area (Å²) in [5, 5.41) is 0. The summed E-state index contributed by atoms with van der Waals surface area (Å²) in [5.41, 5.74) is 6.73. The molecule has 2 heterocycles. The molecule has 0 aliphatic carbocycles. The number of rotatable bonds is 1. The second kappa shape index (κ2) is 2.88. The molecule has 4 heteroatoms. The van der Waals surface area contributed by atoms with E-state index in [4.69, 9.17) is 5.73 Å². The van der Waals surface area contributed by atoms with Gasteiger partial charge in [0.1, 0.15) is 5.82 Å². The molecule has 0 bridgehead atoms. The predicted molar refractivity (Wildman–Crippen MR) is 46.5 cm³/mol. The van der Waals surface area contributed by atoms with E-state index in [1.165, 1.54) is 0 Å². The van der Waals surface area contributed by atoms with Crippen molar-refractivity contribution < 1.29 is 0 Å². The Bertz CT molecular complexity index is 279. The van der Waals surface area contributed by atoms with E-state index in [2.05, 4.69) is 21.5 Å². The summed E-state index contributed by atoms with van der Waals surface area (Å²) < 4.78 is 2.22. The molecule has 0 amide bonds. The van der Waals surface area contributed by atoms with E-state index in [-0.39, 0.29) is 0 Å². The number of aromatic nitrogens is 2. The Hall–Kier alpha value is -0.870. The van der Waals surface area contributed by atoms with Crippen LogP contribution >= 0.6 is 0 Å². The highest BCUT2D eigenvalue weighted by Gasteiger charge is 2.15. The number of nitrogens with zero attached hydrogens (tertiary/aromatic N) is 3. The lowest BCUT2D eigenvalue weighted by Gasteiger charge is -2.24. The Labute approximate surface area is 72.0 Å². The quantitative estimate of drug-likeness (QED) is 0.628. The molecule has 1 aliphatic heterocycles. The van der Waals surface area contributed by atoms with Gasteiger partial charge in [-0.25, -0.2) is 4.98 Å². The number of hydrogen-bond acceptors (Lipinski definition) is 3. The lowest BCUT2D eigenvalue weighted by Crippen LogP contribution is -2.31. The Morgan fingerprint density at radius 2 is 2.42 bits per heavy atom. The highest BCUT2D eigenvalue weighted by atomic mass is 15.2. The zero-order chi connectivity index (χ0) is 8.55. The van der Waals surface area contributed by atoms with Gasteiger partial charge < -0.3 is 10.3 Å². The van der Waals surface area contributed by atoms with Gasteiger partial charge in [-0.05, 0) is 7.05 Å². The average molecular weight is 166 g/mol. The van der Waals surface area contributed by atoms with Crippen LogP contribution in [0.25, 0.3) is 0 Å². The fraction of sp³-hybridized carbons (Fsp3) is 0.625. The van der Waals surface area contributed by atoms with Gasteiger partial charge in [-0.2, -0.15) is 0 Å². The zero-order valence-electron chi connectivity index (χ0n) is 7.32. The van der Waals surface area contributed by atoms with Crippen molar-refractivity contribution in [2.75, 3.05) is 13.6 Å². The molecule has 0 unspecified atom stereocenters. The predicted octanol–water partition coefficient (Wildman–Crippen LogP) is -0.213. The van der Waals surface area contributed by atoms with Crippen LogP contribution in [0.3, 0.4) is 0 Å². The minimum absolute atomic E-state index is 0.594. The SMILES string of the molecule is CN1CCn2c(CN)cnc2C1. The fourth-order valence-electron chi connectivity index (χ4n) is 1.61. The maximum absolute atomic E-state index is 5.58. The molecule has 2 rings (SSSR count). The Balaban J connectivity index is 2.32. The number of fused-ring (bicyclic) bond motifs is 1. The first-order chi connectivity index (χ1) is 5.81. The van der Waals surface area contributed by atoms with Crippen molar-refractivity contribution >= 4 is 0 Å². The van der Waals surface area contributed by atoms with E-state index in [1.807, 2.05) is 6.20 Å². The number of likely N-dealkylation sites (N-methyl/N-ethyl adjacent to an activating group) is 1. The van der Waals surface area contributed by atoms with Gasteiger partial charge in [0.15, 0.2) is 0 Å². The molecule has 0 aromatic carbocycles. The van der Waals surface area contributed by atoms with Crippen LogP contribution in [0.5, 0.6) is 0 Å². The van der Waals surface area contributed by atoms with Crippen molar-refractivity contribution in [3.8, 4) is 0 Å². The topological polar surface area (TPSA) is 47.1 Å². The van der Waals surface area contributed by atoms with Crippen LogP contribution < -0.4 is 5.73 Å². The van der Waals surface area contributed by atoms with Gasteiger partial charge in [0.05, 0.1) is 12.2 Å². The standard InChI is InChI=1S/C8H14N4/c1-11-2-3-12-7(4-9)5-10-8(12)6-11/h5H,2-4,6,9H2,1H3. The molecule has 2 N–H and O–H groups in total. The molecule has 1 aliphatic rings. The van der Waals surface area contributed by atoms with Crippen LogP contribution in [0.15, 0.2) is 6.20 Å². The lowest BCUT2D eigenvalue weighted by atomic mass is 10.3. The third-order valence-electron chi connectivity index (χ3n) is 2.35. The zero-order valence-corrected chi connectivity index (χ0v) is 7.32. The molecule has 0 saturated carbocycles. The largest absolute Gasteiger partial charge is 0.328 e. The first kappa shape index (κ1) is 7.76. The van der Waals surface area contributed by atoms with Gasteiger partial charge in [0.2, 0.25) is 0 Å². The highest BCUT2D eigenvalue weighted by Crippen LogP contribution is 2.11. The summed E-state index contributed by atoms with van der Waals surface area (Å²) in [5.74, 6) is 1.14. The maximum Gasteiger partial charge on any atom is 0.123 e. The third-order valence-corrected chi connectivity index (χ3v) is 2.35. The smallest absolute Gasteiger partial charge is 0.123 e. The van der Waals surface area contributed by atoms with Crippen LogP contribution in [0.2, 0.25) is 0 Å². The van der Waals surface area contributed by atoms with Crippen LogP contribution in [0.4, 0.5) is 0 Å². The monoisotopic (exact) mass is 166 g/mol. The Kier molecular flexibility index (Phi) is 1.86. The first-order valence-corrected chi connectivity index (χ1v) is 4.23. The van der Waals surface area contributed by atoms with E-state index >= 15 is 0 Å². The van der Waals surface area contributed by atoms with E-state index < -0.39 is 0 Å². The molecule has 4 nitrogen and oxygen atoms in total. The van der Waals surface area contributed by atoms with Gasteiger partial charge in [0.25, 0.3) is 0 Å². The summed E-state index contributed by atoms with van der Waals surface area (Å²) in [6.45, 7) is 3.66. The second-order valence-electron chi connectivity index (χ2n) is 3.26. The van der Waals surface area contributed by atoms with Crippen molar-refractivity contribution in [2.45, 2.75) is 19.6 Å². The van der Waals surface area contributed by atoms with Crippen molar-refractivity contribution in [2.24, 2.45) is 5.73 Å². The lowest BCUT2D eigenvalue weighted by molar-refractivity contribution is 0.262. The minimum atomic E-state index is 0.594. The maximum atomic E-state index is 5.58. The van der Waals surface area contributed by atoms with Crippen molar-refractivity contribution in [1.82, 2.24) is 14.5 Å². The van der Waals surface area contributed by atoms with E-state index in [1.54, 1.807) is 0 Å². The molecule has 0 fully saturated rings. The third kappa shape index (κ3) is 1.13. The van der Waals surface area contributed by atoms with Crippen molar-refractivity contribution in [3.63, 3.8) is 0 Å². The number of nitrogens with two attached hydrogens (primary N) is 1. The van der Waals surface area contributed by atoms with Crippen LogP contribution in [-0.2, 0) is 19.6 Å². The van der Waals surface area contributed by atoms with Crippen molar-refractivity contribution in [3.05, 3.63) is 17.7 Å². The second-order valence-corrected chi connectivity index (χ2v) is 3.26. The number of imidazole rings is 1. The van der Waals surface area contributed by atoms with Gasteiger partial charge >= 0.3 is 0 Å². The van der Waals surface area contributed by atoms with Gasteiger partial charge in [-0.3, -0.25) is 4.90 Å². The molecule has 0 atom stereocenters. The van der Waals surface area contributed by atoms with Crippen LogP contribution in [0, 0.1) is 0 Å². The minimum Gasteiger partial charge on any atom is -0.328 e. The van der Waals surface area contributed by atoms with E-state index in [0.717, 1.165) is 31.2 Å². The van der Waals surface area contributed by atoms with Gasteiger partial charge in [-0.15, -0.1) is 0 Å². The Morgan fingerprint density at radius 1 is 1.58 bits per heavy atom. The molecular formula is C8H14N4. The molecule has 0 saturated heterocycles. The normalized spacial score (nSPS) is 17.8. The molecule has 1 aromatic rings. The molecule has 0 radical (unpaired) electrons. The number of hydrogen-bond donors (Lipinski definition) is 1. The first-order valence-electron chi connectivity index (χ1n) is 4.23.